The van der Waals surface area contributed by atoms with Crippen LogP contribution in [0, 0.1) is 0 Å². The maximum atomic E-state index is 5.92. The minimum absolute atomic E-state index is 0.129. The van der Waals surface area contributed by atoms with E-state index < -0.39 is 0 Å². The lowest BCUT2D eigenvalue weighted by Gasteiger charge is -2.29. The third kappa shape index (κ3) is 2.91. The Kier molecular flexibility index (Phi) is 3.66. The lowest BCUT2D eigenvalue weighted by atomic mass is 9.87. The molecule has 114 valence electrons. The average molecular weight is 288 g/mol. The molecular formula is C17H24N2O2. The molecule has 0 spiro atoms. The first-order valence-electron chi connectivity index (χ1n) is 7.66. The third-order valence-corrected chi connectivity index (χ3v) is 4.29. The number of methoxy groups -OCH3 is 1. The highest BCUT2D eigenvalue weighted by Crippen LogP contribution is 2.29. The molecule has 2 aromatic rings. The van der Waals surface area contributed by atoms with E-state index in [1.54, 1.807) is 7.11 Å². The number of oxazole rings is 1. The van der Waals surface area contributed by atoms with Crippen LogP contribution in [0.2, 0.25) is 0 Å². The molecule has 0 aliphatic carbocycles. The second-order valence-electron chi connectivity index (χ2n) is 6.85. The van der Waals surface area contributed by atoms with Crippen molar-refractivity contribution in [1.82, 2.24) is 4.98 Å². The molecular weight excluding hydrogens is 264 g/mol. The van der Waals surface area contributed by atoms with E-state index in [1.165, 1.54) is 5.56 Å². The van der Waals surface area contributed by atoms with Crippen LogP contribution in [0.15, 0.2) is 22.6 Å². The monoisotopic (exact) mass is 288 g/mol. The van der Waals surface area contributed by atoms with Gasteiger partial charge >= 0.3 is 0 Å². The number of benzene rings is 1. The lowest BCUT2D eigenvalue weighted by molar-refractivity contribution is 0.0811. The van der Waals surface area contributed by atoms with E-state index in [2.05, 4.69) is 42.8 Å². The van der Waals surface area contributed by atoms with Gasteiger partial charge in [0.1, 0.15) is 5.52 Å². The van der Waals surface area contributed by atoms with Crippen LogP contribution in [0.4, 0.5) is 6.01 Å². The first kappa shape index (κ1) is 14.4. The molecule has 0 saturated carbocycles. The molecule has 1 aromatic heterocycles. The van der Waals surface area contributed by atoms with Gasteiger partial charge in [-0.1, -0.05) is 26.8 Å². The summed E-state index contributed by atoms with van der Waals surface area (Å²) >= 11 is 0. The summed E-state index contributed by atoms with van der Waals surface area (Å²) < 4.78 is 11.3. The summed E-state index contributed by atoms with van der Waals surface area (Å²) in [4.78, 5) is 6.89. The van der Waals surface area contributed by atoms with Crippen molar-refractivity contribution in [2.75, 3.05) is 25.1 Å². The largest absolute Gasteiger partial charge is 0.423 e. The number of piperidine rings is 1. The first-order chi connectivity index (χ1) is 9.97. The molecule has 1 fully saturated rings. The highest BCUT2D eigenvalue weighted by atomic mass is 16.5. The van der Waals surface area contributed by atoms with Gasteiger partial charge in [0.2, 0.25) is 0 Å². The molecule has 2 heterocycles. The van der Waals surface area contributed by atoms with Crippen molar-refractivity contribution >= 4 is 17.1 Å². The number of fused-ring (bicyclic) bond motifs is 1. The summed E-state index contributed by atoms with van der Waals surface area (Å²) in [6.45, 7) is 8.52. The number of hydrogen-bond donors (Lipinski definition) is 0. The van der Waals surface area contributed by atoms with E-state index in [9.17, 15) is 0 Å². The van der Waals surface area contributed by atoms with Crippen molar-refractivity contribution in [3.63, 3.8) is 0 Å². The molecule has 0 atom stereocenters. The van der Waals surface area contributed by atoms with Gasteiger partial charge in [0.15, 0.2) is 5.58 Å². The summed E-state index contributed by atoms with van der Waals surface area (Å²) in [5, 5.41) is 0. The molecule has 0 amide bonds. The number of ether oxygens (including phenoxy) is 1. The smallest absolute Gasteiger partial charge is 0.298 e. The maximum absolute atomic E-state index is 5.92. The molecule has 0 bridgehead atoms. The van der Waals surface area contributed by atoms with Gasteiger partial charge < -0.3 is 14.1 Å². The SMILES string of the molecule is COC1CCN(c2nc3cc(C(C)(C)C)ccc3o2)CC1. The van der Waals surface area contributed by atoms with Crippen LogP contribution in [0.5, 0.6) is 0 Å². The predicted molar refractivity (Wildman–Crippen MR) is 85.0 cm³/mol. The van der Waals surface area contributed by atoms with Gasteiger partial charge in [0, 0.05) is 20.2 Å². The second kappa shape index (κ2) is 5.34. The van der Waals surface area contributed by atoms with Crippen molar-refractivity contribution < 1.29 is 9.15 Å². The fourth-order valence-electron chi connectivity index (χ4n) is 2.80. The van der Waals surface area contributed by atoms with Gasteiger partial charge in [0.05, 0.1) is 6.10 Å². The summed E-state index contributed by atoms with van der Waals surface area (Å²) in [6, 6.07) is 7.05. The van der Waals surface area contributed by atoms with E-state index in [0.717, 1.165) is 43.0 Å². The molecule has 3 rings (SSSR count). The van der Waals surface area contributed by atoms with Gasteiger partial charge in [0.25, 0.3) is 6.01 Å². The zero-order valence-corrected chi connectivity index (χ0v) is 13.3. The van der Waals surface area contributed by atoms with Gasteiger partial charge in [-0.05, 0) is 36.0 Å². The standard InChI is InChI=1S/C17H24N2O2/c1-17(2,3)12-5-6-15-14(11-12)18-16(21-15)19-9-7-13(20-4)8-10-19/h5-6,11,13H,7-10H2,1-4H3. The molecule has 4 nitrogen and oxygen atoms in total. The Bertz CT molecular complexity index is 619. The average Bonchev–Trinajstić information content (AvgIpc) is 2.89. The molecule has 1 aliphatic rings. The fourth-order valence-corrected chi connectivity index (χ4v) is 2.80. The molecule has 0 radical (unpaired) electrons. The molecule has 0 N–H and O–H groups in total. The Morgan fingerprint density at radius 1 is 1.24 bits per heavy atom. The van der Waals surface area contributed by atoms with Crippen LogP contribution in [0.25, 0.3) is 11.1 Å². The van der Waals surface area contributed by atoms with Crippen LogP contribution >= 0.6 is 0 Å². The zero-order chi connectivity index (χ0) is 15.0. The molecule has 1 aliphatic heterocycles. The number of nitrogens with zero attached hydrogens (tertiary/aromatic N) is 2. The number of rotatable bonds is 2. The van der Waals surface area contributed by atoms with Crippen molar-refractivity contribution in [1.29, 1.82) is 0 Å². The third-order valence-electron chi connectivity index (χ3n) is 4.29. The fraction of sp³-hybridized carbons (Fsp3) is 0.588. The number of aromatic nitrogens is 1. The molecule has 4 heteroatoms. The van der Waals surface area contributed by atoms with Crippen molar-refractivity contribution in [2.45, 2.75) is 45.1 Å². The van der Waals surface area contributed by atoms with E-state index in [1.807, 2.05) is 6.07 Å². The molecule has 1 saturated heterocycles. The Labute approximate surface area is 126 Å². The van der Waals surface area contributed by atoms with Crippen molar-refractivity contribution in [3.05, 3.63) is 23.8 Å². The van der Waals surface area contributed by atoms with Gasteiger partial charge in [-0.3, -0.25) is 0 Å². The highest BCUT2D eigenvalue weighted by Gasteiger charge is 2.23. The molecule has 1 aromatic carbocycles. The van der Waals surface area contributed by atoms with Crippen LogP contribution < -0.4 is 4.90 Å². The first-order valence-corrected chi connectivity index (χ1v) is 7.66. The molecule has 0 unspecified atom stereocenters. The summed E-state index contributed by atoms with van der Waals surface area (Å²) in [7, 11) is 1.79. The normalized spacial score (nSPS) is 17.6. The quantitative estimate of drug-likeness (QED) is 0.844. The van der Waals surface area contributed by atoms with Crippen molar-refractivity contribution in [3.8, 4) is 0 Å². The number of anilines is 1. The van der Waals surface area contributed by atoms with Gasteiger partial charge in [-0.25, -0.2) is 0 Å². The van der Waals surface area contributed by atoms with E-state index in [0.29, 0.717) is 6.10 Å². The van der Waals surface area contributed by atoms with Crippen molar-refractivity contribution in [2.24, 2.45) is 0 Å². The maximum Gasteiger partial charge on any atom is 0.298 e. The minimum Gasteiger partial charge on any atom is -0.423 e. The topological polar surface area (TPSA) is 38.5 Å². The summed E-state index contributed by atoms with van der Waals surface area (Å²) in [5.74, 6) is 0. The van der Waals surface area contributed by atoms with Gasteiger partial charge in [-0.15, -0.1) is 0 Å². The lowest BCUT2D eigenvalue weighted by Crippen LogP contribution is -2.36. The zero-order valence-electron chi connectivity index (χ0n) is 13.3. The molecule has 21 heavy (non-hydrogen) atoms. The Morgan fingerprint density at radius 2 is 1.95 bits per heavy atom. The van der Waals surface area contributed by atoms with Crippen LogP contribution in [-0.2, 0) is 10.2 Å². The van der Waals surface area contributed by atoms with E-state index in [-0.39, 0.29) is 5.41 Å². The Morgan fingerprint density at radius 3 is 2.57 bits per heavy atom. The summed E-state index contributed by atoms with van der Waals surface area (Å²) in [5.41, 5.74) is 3.23. The van der Waals surface area contributed by atoms with E-state index in [4.69, 9.17) is 9.15 Å². The van der Waals surface area contributed by atoms with E-state index >= 15 is 0 Å². The highest BCUT2D eigenvalue weighted by molar-refractivity contribution is 5.75. The van der Waals surface area contributed by atoms with Crippen LogP contribution in [0.3, 0.4) is 0 Å². The minimum atomic E-state index is 0.129. The Balaban J connectivity index is 1.84. The number of hydrogen-bond acceptors (Lipinski definition) is 4. The second-order valence-corrected chi connectivity index (χ2v) is 6.85. The van der Waals surface area contributed by atoms with Crippen LogP contribution in [-0.4, -0.2) is 31.3 Å². The van der Waals surface area contributed by atoms with Gasteiger partial charge in [-0.2, -0.15) is 4.98 Å². The van der Waals surface area contributed by atoms with Crippen LogP contribution in [0.1, 0.15) is 39.2 Å². The summed E-state index contributed by atoms with van der Waals surface area (Å²) in [6.07, 6.45) is 2.43. The Hall–Kier alpha value is -1.55. The predicted octanol–water partition coefficient (Wildman–Crippen LogP) is 3.74.